The molecule has 0 N–H and O–H groups in total. The van der Waals surface area contributed by atoms with Gasteiger partial charge in [-0.3, -0.25) is 0 Å². The molecule has 2 heterocycles. The van der Waals surface area contributed by atoms with Crippen molar-refractivity contribution in [1.82, 2.24) is 0 Å². The third kappa shape index (κ3) is 6.30. The average molecular weight is 367 g/mol. The topological polar surface area (TPSA) is 22.3 Å². The molecule has 1 aliphatic heterocycles. The smallest absolute Gasteiger partial charge is 0.169 e. The van der Waals surface area contributed by atoms with E-state index in [4.69, 9.17) is 9.47 Å². The molecule has 0 bridgehead atoms. The van der Waals surface area contributed by atoms with E-state index >= 15 is 0 Å². The highest BCUT2D eigenvalue weighted by Gasteiger charge is 2.27. The molecular weight excluding hydrogens is 334 g/mol. The molecule has 0 radical (unpaired) electrons. The summed E-state index contributed by atoms with van der Waals surface area (Å²) in [5.74, 6) is 0. The van der Waals surface area contributed by atoms with E-state index in [1.165, 1.54) is 11.1 Å². The van der Waals surface area contributed by atoms with Gasteiger partial charge in [-0.25, -0.2) is 4.57 Å². The van der Waals surface area contributed by atoms with Crippen LogP contribution in [-0.2, 0) is 16.0 Å². The fraction of sp³-hybridized carbons (Fsp3) is 0.458. The maximum atomic E-state index is 6.06. The number of aromatic nitrogens is 1. The van der Waals surface area contributed by atoms with Gasteiger partial charge in [-0.15, -0.1) is 0 Å². The largest absolute Gasteiger partial charge is 0.349 e. The number of benzene rings is 1. The van der Waals surface area contributed by atoms with Crippen LogP contribution in [0.3, 0.4) is 0 Å². The van der Waals surface area contributed by atoms with E-state index < -0.39 is 0 Å². The lowest BCUT2D eigenvalue weighted by molar-refractivity contribution is -0.697. The van der Waals surface area contributed by atoms with Gasteiger partial charge in [-0.1, -0.05) is 56.3 Å². The minimum absolute atomic E-state index is 0.0395. The van der Waals surface area contributed by atoms with Crippen molar-refractivity contribution >= 4 is 12.2 Å². The van der Waals surface area contributed by atoms with Crippen LogP contribution in [0.4, 0.5) is 0 Å². The summed E-state index contributed by atoms with van der Waals surface area (Å²) in [6.45, 7) is 5.38. The average Bonchev–Trinajstić information content (AvgIpc) is 2.73. The Balaban J connectivity index is 1.45. The van der Waals surface area contributed by atoms with Crippen LogP contribution in [0.1, 0.15) is 57.1 Å². The van der Waals surface area contributed by atoms with Crippen molar-refractivity contribution in [2.75, 3.05) is 0 Å². The van der Waals surface area contributed by atoms with E-state index in [0.717, 1.165) is 38.6 Å². The van der Waals surface area contributed by atoms with Gasteiger partial charge < -0.3 is 9.47 Å². The van der Waals surface area contributed by atoms with Crippen molar-refractivity contribution in [3.05, 3.63) is 66.0 Å². The van der Waals surface area contributed by atoms with Crippen molar-refractivity contribution in [2.45, 2.75) is 71.0 Å². The summed E-state index contributed by atoms with van der Waals surface area (Å²) in [6.07, 6.45) is 14.5. The zero-order valence-corrected chi connectivity index (χ0v) is 16.6. The third-order valence-electron chi connectivity index (χ3n) is 5.17. The predicted octanol–water partition coefficient (Wildman–Crippen LogP) is 5.24. The Morgan fingerprint density at radius 3 is 2.07 bits per heavy atom. The summed E-state index contributed by atoms with van der Waals surface area (Å²) in [5.41, 5.74) is 2.43. The number of nitrogens with zero attached hydrogens (tertiary/aromatic N) is 1. The summed E-state index contributed by atoms with van der Waals surface area (Å²) >= 11 is 0. The SMILES string of the molecule is CCC1CC(CC)OC(CCC[n+]2ccc(C=Cc3ccccc3)cc2)O1. The first-order valence-electron chi connectivity index (χ1n) is 10.3. The van der Waals surface area contributed by atoms with Crippen LogP contribution in [0.5, 0.6) is 0 Å². The van der Waals surface area contributed by atoms with Crippen molar-refractivity contribution in [2.24, 2.45) is 0 Å². The molecule has 1 aromatic heterocycles. The molecule has 0 spiro atoms. The van der Waals surface area contributed by atoms with Crippen molar-refractivity contribution < 1.29 is 14.0 Å². The lowest BCUT2D eigenvalue weighted by Gasteiger charge is -2.35. The van der Waals surface area contributed by atoms with Gasteiger partial charge in [0.15, 0.2) is 18.7 Å². The molecule has 0 saturated carbocycles. The van der Waals surface area contributed by atoms with Crippen LogP contribution >= 0.6 is 0 Å². The number of hydrogen-bond donors (Lipinski definition) is 0. The van der Waals surface area contributed by atoms with E-state index in [-0.39, 0.29) is 6.29 Å². The Labute approximate surface area is 163 Å². The van der Waals surface area contributed by atoms with Crippen molar-refractivity contribution in [3.8, 4) is 0 Å². The van der Waals surface area contributed by atoms with Gasteiger partial charge in [0.05, 0.1) is 12.2 Å². The number of hydrogen-bond acceptors (Lipinski definition) is 2. The van der Waals surface area contributed by atoms with Crippen molar-refractivity contribution in [1.29, 1.82) is 0 Å². The van der Waals surface area contributed by atoms with Gasteiger partial charge in [0.1, 0.15) is 6.54 Å². The quantitative estimate of drug-likeness (QED) is 0.596. The summed E-state index contributed by atoms with van der Waals surface area (Å²) in [4.78, 5) is 0. The first-order valence-corrected chi connectivity index (χ1v) is 10.3. The number of aryl methyl sites for hydroxylation is 1. The Bertz CT molecular complexity index is 684. The number of pyridine rings is 1. The molecule has 1 aliphatic rings. The van der Waals surface area contributed by atoms with Crippen molar-refractivity contribution in [3.63, 3.8) is 0 Å². The Morgan fingerprint density at radius 2 is 1.48 bits per heavy atom. The molecule has 0 amide bonds. The summed E-state index contributed by atoms with van der Waals surface area (Å²) in [6, 6.07) is 14.7. The Morgan fingerprint density at radius 1 is 0.889 bits per heavy atom. The number of ether oxygens (including phenoxy) is 2. The monoisotopic (exact) mass is 366 g/mol. The van der Waals surface area contributed by atoms with Gasteiger partial charge >= 0.3 is 0 Å². The standard InChI is InChI=1S/C24H32NO2/c1-3-22-19-23(4-2)27-24(26-22)11-8-16-25-17-14-21(15-18-25)13-12-20-9-6-5-7-10-20/h5-7,9-10,12-15,17-18,22-24H,3-4,8,11,16,19H2,1-2H3/q+1. The second kappa shape index (κ2) is 10.4. The van der Waals surface area contributed by atoms with Crippen LogP contribution in [0.15, 0.2) is 54.9 Å². The van der Waals surface area contributed by atoms with Crippen LogP contribution in [0.25, 0.3) is 12.2 Å². The second-order valence-electron chi connectivity index (χ2n) is 7.25. The summed E-state index contributed by atoms with van der Waals surface area (Å²) in [5, 5.41) is 0. The summed E-state index contributed by atoms with van der Waals surface area (Å²) < 4.78 is 14.3. The van der Waals surface area contributed by atoms with E-state index in [1.807, 2.05) is 6.07 Å². The van der Waals surface area contributed by atoms with Crippen LogP contribution < -0.4 is 4.57 Å². The van der Waals surface area contributed by atoms with Gasteiger partial charge in [-0.05, 0) is 30.4 Å². The molecule has 3 rings (SSSR count). The normalized spacial score (nSPS) is 23.0. The number of rotatable bonds is 8. The predicted molar refractivity (Wildman–Crippen MR) is 110 cm³/mol. The molecule has 1 fully saturated rings. The molecule has 3 nitrogen and oxygen atoms in total. The molecule has 1 aromatic carbocycles. The fourth-order valence-electron chi connectivity index (χ4n) is 3.45. The van der Waals surface area contributed by atoms with Crippen LogP contribution in [0.2, 0.25) is 0 Å². The second-order valence-corrected chi connectivity index (χ2v) is 7.25. The molecule has 144 valence electrons. The lowest BCUT2D eigenvalue weighted by Crippen LogP contribution is -2.39. The highest BCUT2D eigenvalue weighted by molar-refractivity contribution is 5.68. The zero-order valence-electron chi connectivity index (χ0n) is 16.6. The molecular formula is C24H32NO2+. The zero-order chi connectivity index (χ0) is 18.9. The first-order chi connectivity index (χ1) is 13.3. The first kappa shape index (κ1) is 19.8. The molecule has 2 aromatic rings. The minimum atomic E-state index is -0.0395. The Kier molecular flexibility index (Phi) is 7.61. The molecule has 1 saturated heterocycles. The van der Waals surface area contributed by atoms with E-state index in [2.05, 4.69) is 79.4 Å². The van der Waals surface area contributed by atoms with E-state index in [9.17, 15) is 0 Å². The van der Waals surface area contributed by atoms with Gasteiger partial charge in [-0.2, -0.15) is 0 Å². The Hall–Kier alpha value is -1.97. The summed E-state index contributed by atoms with van der Waals surface area (Å²) in [7, 11) is 0. The highest BCUT2D eigenvalue weighted by Crippen LogP contribution is 2.24. The molecule has 2 atom stereocenters. The minimum Gasteiger partial charge on any atom is -0.349 e. The third-order valence-corrected chi connectivity index (χ3v) is 5.17. The van der Waals surface area contributed by atoms with E-state index in [1.54, 1.807) is 0 Å². The van der Waals surface area contributed by atoms with Gasteiger partial charge in [0.25, 0.3) is 0 Å². The highest BCUT2D eigenvalue weighted by atomic mass is 16.7. The van der Waals surface area contributed by atoms with Gasteiger partial charge in [0, 0.05) is 25.0 Å². The fourth-order valence-corrected chi connectivity index (χ4v) is 3.45. The molecule has 2 unspecified atom stereocenters. The molecule has 0 aliphatic carbocycles. The van der Waals surface area contributed by atoms with E-state index in [0.29, 0.717) is 12.2 Å². The lowest BCUT2D eigenvalue weighted by atomic mass is 10.1. The molecule has 3 heteroatoms. The van der Waals surface area contributed by atoms with Crippen LogP contribution in [0, 0.1) is 0 Å². The molecule has 27 heavy (non-hydrogen) atoms. The maximum absolute atomic E-state index is 6.06. The van der Waals surface area contributed by atoms with Crippen LogP contribution in [-0.4, -0.2) is 18.5 Å². The maximum Gasteiger partial charge on any atom is 0.169 e. The van der Waals surface area contributed by atoms with Gasteiger partial charge in [0.2, 0.25) is 0 Å².